The molecule has 0 atom stereocenters. The molecule has 3 aromatic rings. The lowest BCUT2D eigenvalue weighted by Gasteiger charge is -2.22. The maximum absolute atomic E-state index is 13.8. The minimum Gasteiger partial charge on any atom is -0.352 e. The number of aryl methyl sites for hydroxylation is 1. The molecule has 7 heteroatoms. The van der Waals surface area contributed by atoms with Crippen molar-refractivity contribution >= 4 is 29.0 Å². The number of hydrogen-bond donors (Lipinski definition) is 1. The lowest BCUT2D eigenvalue weighted by molar-refractivity contribution is -0.108. The summed E-state index contributed by atoms with van der Waals surface area (Å²) < 4.78 is 16.0. The predicted octanol–water partition coefficient (Wildman–Crippen LogP) is 4.59. The summed E-state index contributed by atoms with van der Waals surface area (Å²) in [6, 6.07) is 12.5. The Balaban J connectivity index is 2.00. The normalized spacial score (nSPS) is 12.3. The van der Waals surface area contributed by atoms with Gasteiger partial charge in [-0.1, -0.05) is 31.2 Å². The van der Waals surface area contributed by atoms with E-state index in [1.54, 1.807) is 6.07 Å². The Hall–Kier alpha value is -3.48. The highest BCUT2D eigenvalue weighted by Gasteiger charge is 2.17. The molecule has 0 saturated carbocycles. The third-order valence-electron chi connectivity index (χ3n) is 5.22. The Morgan fingerprint density at radius 1 is 1.22 bits per heavy atom. The van der Waals surface area contributed by atoms with Crippen LogP contribution < -0.4 is 5.32 Å². The lowest BCUT2D eigenvalue weighted by Crippen LogP contribution is -2.29. The van der Waals surface area contributed by atoms with Gasteiger partial charge in [-0.05, 0) is 50.1 Å². The van der Waals surface area contributed by atoms with E-state index in [-0.39, 0.29) is 5.82 Å². The van der Waals surface area contributed by atoms with E-state index in [0.29, 0.717) is 19.5 Å². The van der Waals surface area contributed by atoms with Gasteiger partial charge in [0.15, 0.2) is 0 Å². The van der Waals surface area contributed by atoms with Crippen LogP contribution in [0.1, 0.15) is 44.1 Å². The molecule has 0 aliphatic carbocycles. The number of hydrogen-bond acceptors (Lipinski definition) is 3. The molecule has 1 aromatic heterocycles. The van der Waals surface area contributed by atoms with Crippen LogP contribution >= 0.6 is 0 Å². The molecule has 0 radical (unpaired) electrons. The third kappa shape index (κ3) is 5.04. The zero-order valence-electron chi connectivity index (χ0n) is 19.1. The molecule has 6 nitrogen and oxygen atoms in total. The van der Waals surface area contributed by atoms with Gasteiger partial charge >= 0.3 is 0 Å². The van der Waals surface area contributed by atoms with Gasteiger partial charge in [-0.25, -0.2) is 9.37 Å². The van der Waals surface area contributed by atoms with Crippen LogP contribution in [0.25, 0.3) is 16.7 Å². The molecule has 3 rings (SSSR count). The third-order valence-corrected chi connectivity index (χ3v) is 5.22. The van der Waals surface area contributed by atoms with E-state index >= 15 is 0 Å². The number of amides is 1. The smallest absolute Gasteiger partial charge is 0.211 e. The van der Waals surface area contributed by atoms with Crippen LogP contribution in [0, 0.1) is 5.82 Å². The van der Waals surface area contributed by atoms with Gasteiger partial charge in [0.1, 0.15) is 17.5 Å². The van der Waals surface area contributed by atoms with Crippen molar-refractivity contribution in [1.29, 1.82) is 0 Å². The van der Waals surface area contributed by atoms with Crippen molar-refractivity contribution in [3.05, 3.63) is 71.3 Å². The van der Waals surface area contributed by atoms with Gasteiger partial charge in [0, 0.05) is 31.4 Å². The fraction of sp³-hybridized carbons (Fsp3) is 0.320. The van der Waals surface area contributed by atoms with E-state index in [1.807, 2.05) is 50.1 Å². The van der Waals surface area contributed by atoms with Crippen LogP contribution in [0.3, 0.4) is 0 Å². The number of aromatic nitrogens is 2. The Morgan fingerprint density at radius 3 is 2.69 bits per heavy atom. The minimum atomic E-state index is -0.283. The van der Waals surface area contributed by atoms with Crippen LogP contribution in [0.2, 0.25) is 0 Å². The van der Waals surface area contributed by atoms with Gasteiger partial charge in [0.05, 0.1) is 17.6 Å². The van der Waals surface area contributed by atoms with E-state index in [2.05, 4.69) is 27.9 Å². The second-order valence-corrected chi connectivity index (χ2v) is 7.51. The number of amidine groups is 1. The number of nitrogens with one attached hydrogen (secondary N) is 1. The number of imidazole rings is 1. The number of carbonyl (C=O) groups is 1. The van der Waals surface area contributed by atoms with Crippen molar-refractivity contribution in [1.82, 2.24) is 19.8 Å². The Labute approximate surface area is 188 Å². The number of benzene rings is 2. The van der Waals surface area contributed by atoms with E-state index in [9.17, 15) is 9.18 Å². The van der Waals surface area contributed by atoms with E-state index < -0.39 is 0 Å². The largest absolute Gasteiger partial charge is 0.352 e. The lowest BCUT2D eigenvalue weighted by atomic mass is 10.1. The summed E-state index contributed by atoms with van der Waals surface area (Å²) in [5.74, 6) is 1.36. The molecular weight excluding hydrogens is 405 g/mol. The van der Waals surface area contributed by atoms with Crippen molar-refractivity contribution in [3.8, 4) is 0 Å². The van der Waals surface area contributed by atoms with Gasteiger partial charge in [-0.3, -0.25) is 9.79 Å². The van der Waals surface area contributed by atoms with Crippen LogP contribution in [0.5, 0.6) is 0 Å². The second-order valence-electron chi connectivity index (χ2n) is 7.51. The molecule has 1 heterocycles. The topological polar surface area (TPSA) is 62.5 Å². The molecule has 0 saturated heterocycles. The molecule has 0 fully saturated rings. The molecule has 0 unspecified atom stereocenters. The van der Waals surface area contributed by atoms with E-state index in [0.717, 1.165) is 52.5 Å². The average molecular weight is 436 g/mol. The van der Waals surface area contributed by atoms with Gasteiger partial charge in [0.2, 0.25) is 6.41 Å². The first-order valence-electron chi connectivity index (χ1n) is 10.9. The number of carbonyl (C=O) groups excluding carboxylic acids is 1. The van der Waals surface area contributed by atoms with Gasteiger partial charge in [-0.2, -0.15) is 0 Å². The van der Waals surface area contributed by atoms with Gasteiger partial charge < -0.3 is 14.8 Å². The highest BCUT2D eigenvalue weighted by Crippen LogP contribution is 2.23. The fourth-order valence-electron chi connectivity index (χ4n) is 3.83. The quantitative estimate of drug-likeness (QED) is 0.304. The number of fused-ring (bicyclic) bond motifs is 1. The van der Waals surface area contributed by atoms with Crippen molar-refractivity contribution < 1.29 is 9.18 Å². The molecular formula is C25H30FN5O. The summed E-state index contributed by atoms with van der Waals surface area (Å²) in [5.41, 5.74) is 4.34. The highest BCUT2D eigenvalue weighted by molar-refractivity contribution is 5.98. The zero-order chi connectivity index (χ0) is 23.1. The summed E-state index contributed by atoms with van der Waals surface area (Å²) >= 11 is 0. The summed E-state index contributed by atoms with van der Waals surface area (Å²) in [6.45, 7) is 7.93. The minimum absolute atomic E-state index is 0.283. The summed E-state index contributed by atoms with van der Waals surface area (Å²) in [4.78, 5) is 22.5. The van der Waals surface area contributed by atoms with E-state index in [1.165, 1.54) is 12.1 Å². The summed E-state index contributed by atoms with van der Waals surface area (Å²) in [6.07, 6.45) is 3.51. The number of halogens is 1. The number of allylic oxidation sites excluding steroid dienone is 1. The molecule has 1 N–H and O–H groups in total. The molecule has 0 aliphatic rings. The Morgan fingerprint density at radius 2 is 2.03 bits per heavy atom. The average Bonchev–Trinajstić information content (AvgIpc) is 3.12. The molecule has 32 heavy (non-hydrogen) atoms. The van der Waals surface area contributed by atoms with Crippen molar-refractivity contribution in [2.75, 3.05) is 13.6 Å². The van der Waals surface area contributed by atoms with Crippen molar-refractivity contribution in [2.45, 2.75) is 40.3 Å². The number of nitrogens with zero attached hydrogens (tertiary/aromatic N) is 4. The number of rotatable bonds is 9. The van der Waals surface area contributed by atoms with Crippen molar-refractivity contribution in [3.63, 3.8) is 0 Å². The fourth-order valence-corrected chi connectivity index (χ4v) is 3.83. The van der Waals surface area contributed by atoms with Crippen LogP contribution in [0.4, 0.5) is 4.39 Å². The standard InChI is InChI=1S/C25H30FN5O/c1-5-13-31-23-15-18(21(6-2)28-17-32)11-12-22(23)29-24(31)16-30(4)25(27-7-3)19-9-8-10-20(26)14-19/h6,8-12,14-15,17H,5,7,13,16H2,1-4H3,(H,28,32)/b21-6+,27-25?. The van der Waals surface area contributed by atoms with Crippen LogP contribution in [-0.4, -0.2) is 40.3 Å². The first-order chi connectivity index (χ1) is 15.5. The zero-order valence-corrected chi connectivity index (χ0v) is 19.1. The van der Waals surface area contributed by atoms with Gasteiger partial charge in [0.25, 0.3) is 0 Å². The first-order valence-corrected chi connectivity index (χ1v) is 10.9. The van der Waals surface area contributed by atoms with Gasteiger partial charge in [-0.15, -0.1) is 0 Å². The Kier molecular flexibility index (Phi) is 7.76. The van der Waals surface area contributed by atoms with Crippen LogP contribution in [-0.2, 0) is 17.9 Å². The predicted molar refractivity (Wildman–Crippen MR) is 128 cm³/mol. The molecule has 0 spiro atoms. The maximum atomic E-state index is 13.8. The first kappa shape index (κ1) is 23.2. The molecule has 1 amide bonds. The monoisotopic (exact) mass is 435 g/mol. The SMILES string of the molecule is C/C=C(/NC=O)c1ccc2nc(CN(C)C(=NCC)c3cccc(F)c3)n(CCC)c2c1. The number of aliphatic imine (C=N–C) groups is 1. The second kappa shape index (κ2) is 10.7. The molecule has 0 bridgehead atoms. The molecule has 2 aromatic carbocycles. The van der Waals surface area contributed by atoms with Crippen molar-refractivity contribution in [2.24, 2.45) is 4.99 Å². The summed E-state index contributed by atoms with van der Waals surface area (Å²) in [5, 5.41) is 2.75. The van der Waals surface area contributed by atoms with E-state index in [4.69, 9.17) is 4.98 Å². The Bertz CT molecular complexity index is 1150. The maximum Gasteiger partial charge on any atom is 0.211 e. The summed E-state index contributed by atoms with van der Waals surface area (Å²) in [7, 11) is 1.95. The molecule has 168 valence electrons. The van der Waals surface area contributed by atoms with Crippen LogP contribution in [0.15, 0.2) is 53.5 Å². The molecule has 0 aliphatic heterocycles. The highest BCUT2D eigenvalue weighted by atomic mass is 19.1.